The van der Waals surface area contributed by atoms with Gasteiger partial charge in [0.25, 0.3) is 5.91 Å². The Bertz CT molecular complexity index is 1450. The maximum atomic E-state index is 13.4. The molecule has 0 spiro atoms. The van der Waals surface area contributed by atoms with Gasteiger partial charge in [-0.15, -0.1) is 11.3 Å². The number of likely N-dealkylation sites (tertiary alicyclic amines) is 1. The molecule has 36 heavy (non-hydrogen) atoms. The topological polar surface area (TPSA) is 113 Å². The smallest absolute Gasteiger partial charge is 0.335 e. The summed E-state index contributed by atoms with van der Waals surface area (Å²) in [6, 6.07) is 11.0. The number of carboxylic acids is 1. The second kappa shape index (κ2) is 9.34. The lowest BCUT2D eigenvalue weighted by Gasteiger charge is -2.32. The third-order valence-electron chi connectivity index (χ3n) is 6.82. The van der Waals surface area contributed by atoms with Crippen molar-refractivity contribution < 1.29 is 19.2 Å². The van der Waals surface area contributed by atoms with E-state index in [1.807, 2.05) is 12.1 Å². The van der Waals surface area contributed by atoms with Crippen molar-refractivity contribution in [2.24, 2.45) is 0 Å². The van der Waals surface area contributed by atoms with Crippen LogP contribution in [-0.4, -0.2) is 61.8 Å². The molecule has 2 fully saturated rings. The van der Waals surface area contributed by atoms with Gasteiger partial charge in [-0.1, -0.05) is 16.8 Å². The molecule has 0 radical (unpaired) electrons. The van der Waals surface area contributed by atoms with E-state index in [1.165, 1.54) is 36.3 Å². The molecule has 1 aromatic carbocycles. The second-order valence-electron chi connectivity index (χ2n) is 9.33. The highest BCUT2D eigenvalue weighted by Gasteiger charge is 2.32. The molecule has 0 atom stereocenters. The average Bonchev–Trinajstić information content (AvgIpc) is 3.28. The van der Waals surface area contributed by atoms with Crippen molar-refractivity contribution in [1.29, 1.82) is 0 Å². The third-order valence-corrected chi connectivity index (χ3v) is 8.07. The number of carbonyl (C=O) groups is 2. The maximum absolute atomic E-state index is 13.4. The lowest BCUT2D eigenvalue weighted by Crippen LogP contribution is -2.45. The molecular weight excluding hydrogens is 502 g/mol. The van der Waals surface area contributed by atoms with Gasteiger partial charge in [0.2, 0.25) is 0 Å². The lowest BCUT2D eigenvalue weighted by atomic mass is 10.0. The van der Waals surface area contributed by atoms with Crippen molar-refractivity contribution in [2.75, 3.05) is 13.1 Å². The number of amides is 1. The molecule has 1 saturated heterocycles. The van der Waals surface area contributed by atoms with Crippen LogP contribution in [0.25, 0.3) is 21.7 Å². The Kier molecular flexibility index (Phi) is 6.02. The molecule has 2 N–H and O–H groups in total. The number of piperidine rings is 1. The first-order valence-corrected chi connectivity index (χ1v) is 13.1. The van der Waals surface area contributed by atoms with E-state index < -0.39 is 5.97 Å². The zero-order valence-electron chi connectivity index (χ0n) is 19.3. The maximum Gasteiger partial charge on any atom is 0.335 e. The molecule has 4 aromatic rings. The van der Waals surface area contributed by atoms with Gasteiger partial charge in [0.15, 0.2) is 11.6 Å². The number of nitrogens with one attached hydrogen (secondary N) is 1. The van der Waals surface area contributed by atoms with Gasteiger partial charge in [-0.2, -0.15) is 0 Å². The largest absolute Gasteiger partial charge is 0.478 e. The first-order valence-electron chi connectivity index (χ1n) is 11.9. The van der Waals surface area contributed by atoms with Crippen LogP contribution in [-0.2, 0) is 6.54 Å². The molecule has 0 unspecified atom stereocenters. The van der Waals surface area contributed by atoms with E-state index in [4.69, 9.17) is 16.1 Å². The minimum absolute atomic E-state index is 0.0811. The van der Waals surface area contributed by atoms with Gasteiger partial charge in [0, 0.05) is 31.2 Å². The fraction of sp³-hybridized carbons (Fsp3) is 0.360. The number of nitrogens with zero attached hydrogens (tertiary/aromatic N) is 4. The Morgan fingerprint density at radius 1 is 1.14 bits per heavy atom. The predicted molar refractivity (Wildman–Crippen MR) is 136 cm³/mol. The van der Waals surface area contributed by atoms with E-state index in [1.54, 1.807) is 16.7 Å². The van der Waals surface area contributed by atoms with Crippen LogP contribution in [0.4, 0.5) is 0 Å². The number of imidazole rings is 1. The van der Waals surface area contributed by atoms with Crippen molar-refractivity contribution in [3.63, 3.8) is 0 Å². The molecule has 1 amide bonds. The van der Waals surface area contributed by atoms with E-state index >= 15 is 0 Å². The lowest BCUT2D eigenvalue weighted by molar-refractivity contribution is 0.0696. The van der Waals surface area contributed by atoms with Crippen molar-refractivity contribution in [3.8, 4) is 10.6 Å². The summed E-state index contributed by atoms with van der Waals surface area (Å²) in [6.45, 7) is 2.22. The van der Waals surface area contributed by atoms with Crippen LogP contribution < -0.4 is 5.32 Å². The summed E-state index contributed by atoms with van der Waals surface area (Å²) in [6.07, 6.45) is 4.37. The molecule has 1 aliphatic heterocycles. The van der Waals surface area contributed by atoms with Crippen molar-refractivity contribution >= 4 is 45.8 Å². The number of rotatable bonds is 7. The molecule has 6 rings (SSSR count). The van der Waals surface area contributed by atoms with E-state index in [-0.39, 0.29) is 29.9 Å². The van der Waals surface area contributed by atoms with Crippen LogP contribution in [0.15, 0.2) is 40.9 Å². The zero-order valence-corrected chi connectivity index (χ0v) is 20.9. The number of benzene rings is 1. The zero-order chi connectivity index (χ0) is 24.8. The second-order valence-corrected chi connectivity index (χ2v) is 11.0. The van der Waals surface area contributed by atoms with Gasteiger partial charge in [0.05, 0.1) is 32.4 Å². The number of carbonyl (C=O) groups excluding carboxylic acids is 1. The number of aromatic carboxylic acids is 1. The molecular formula is C25H24ClN5O4S. The summed E-state index contributed by atoms with van der Waals surface area (Å²) in [4.78, 5) is 32.8. The molecule has 11 heteroatoms. The molecule has 1 saturated carbocycles. The number of aromatic nitrogens is 3. The van der Waals surface area contributed by atoms with Crippen molar-refractivity contribution in [3.05, 3.63) is 57.8 Å². The molecule has 1 aliphatic carbocycles. The van der Waals surface area contributed by atoms with Crippen LogP contribution in [0.2, 0.25) is 4.34 Å². The van der Waals surface area contributed by atoms with Crippen LogP contribution >= 0.6 is 22.9 Å². The van der Waals surface area contributed by atoms with E-state index in [9.17, 15) is 14.7 Å². The SMILES string of the molecule is O=C(O)c1ccc2c(c1)nc(C(=O)NC1CCN(C3CC3)CC1)n2Cc1cc(-c2ccc(Cl)s2)on1. The van der Waals surface area contributed by atoms with Gasteiger partial charge in [0.1, 0.15) is 5.69 Å². The normalized spacial score (nSPS) is 17.0. The predicted octanol–water partition coefficient (Wildman–Crippen LogP) is 4.51. The highest BCUT2D eigenvalue weighted by Crippen LogP contribution is 2.32. The summed E-state index contributed by atoms with van der Waals surface area (Å²) in [5, 5.41) is 16.7. The highest BCUT2D eigenvalue weighted by molar-refractivity contribution is 7.19. The first-order chi connectivity index (χ1) is 17.4. The number of hydrogen-bond donors (Lipinski definition) is 2. The Balaban J connectivity index is 1.28. The van der Waals surface area contributed by atoms with Crippen LogP contribution in [0, 0.1) is 0 Å². The molecule has 4 heterocycles. The first kappa shape index (κ1) is 23.2. The number of fused-ring (bicyclic) bond motifs is 1. The molecule has 3 aromatic heterocycles. The van der Waals surface area contributed by atoms with Crippen LogP contribution in [0.3, 0.4) is 0 Å². The van der Waals surface area contributed by atoms with Crippen LogP contribution in [0.1, 0.15) is 52.4 Å². The average molecular weight is 526 g/mol. The number of thiophene rings is 1. The summed E-state index contributed by atoms with van der Waals surface area (Å²) in [5.41, 5.74) is 1.82. The van der Waals surface area contributed by atoms with Gasteiger partial charge in [-0.3, -0.25) is 4.79 Å². The fourth-order valence-electron chi connectivity index (χ4n) is 4.81. The fourth-order valence-corrected chi connectivity index (χ4v) is 5.80. The number of carboxylic acid groups (broad SMARTS) is 1. The number of halogens is 1. The Morgan fingerprint density at radius 2 is 1.94 bits per heavy atom. The molecule has 9 nitrogen and oxygen atoms in total. The Hall–Kier alpha value is -3.21. The third kappa shape index (κ3) is 4.63. The van der Waals surface area contributed by atoms with Gasteiger partial charge in [-0.25, -0.2) is 9.78 Å². The summed E-state index contributed by atoms with van der Waals surface area (Å²) < 4.78 is 7.93. The molecule has 2 aliphatic rings. The standard InChI is InChI=1S/C25H24ClN5O4S/c26-22-6-5-21(36-22)20-12-16(29-35-20)13-31-19-4-1-14(25(33)34)11-18(19)28-23(31)24(32)27-15-7-9-30(10-8-15)17-2-3-17/h1,4-6,11-12,15,17H,2-3,7-10,13H2,(H,27,32)(H,33,34). The summed E-state index contributed by atoms with van der Waals surface area (Å²) >= 11 is 7.44. The summed E-state index contributed by atoms with van der Waals surface area (Å²) in [7, 11) is 0. The van der Waals surface area contributed by atoms with Gasteiger partial charge in [-0.05, 0) is 56.0 Å². The van der Waals surface area contributed by atoms with Crippen molar-refractivity contribution in [1.82, 2.24) is 24.9 Å². The Labute approximate surface area is 215 Å². The molecule has 0 bridgehead atoms. The van der Waals surface area contributed by atoms with E-state index in [0.29, 0.717) is 26.8 Å². The Morgan fingerprint density at radius 3 is 2.64 bits per heavy atom. The van der Waals surface area contributed by atoms with E-state index in [2.05, 4.69) is 20.4 Å². The highest BCUT2D eigenvalue weighted by atomic mass is 35.5. The van der Waals surface area contributed by atoms with E-state index in [0.717, 1.165) is 36.9 Å². The summed E-state index contributed by atoms with van der Waals surface area (Å²) in [5.74, 6) is -0.508. The van der Waals surface area contributed by atoms with Gasteiger partial charge >= 0.3 is 5.97 Å². The minimum atomic E-state index is -1.05. The van der Waals surface area contributed by atoms with Crippen LogP contribution in [0.5, 0.6) is 0 Å². The quantitative estimate of drug-likeness (QED) is 0.365. The molecule has 186 valence electrons. The number of hydrogen-bond acceptors (Lipinski definition) is 7. The van der Waals surface area contributed by atoms with Gasteiger partial charge < -0.3 is 24.4 Å². The van der Waals surface area contributed by atoms with Crippen molar-refractivity contribution in [2.45, 2.75) is 44.3 Å². The monoisotopic (exact) mass is 525 g/mol. The minimum Gasteiger partial charge on any atom is -0.478 e.